The molecule has 0 aromatic heterocycles. The molecule has 0 radical (unpaired) electrons. The standard InChI is InChI=1S/C14H24O4Si/c1-10-8-11(18-6-7-19(3,4)5)9-12(15)13(10)14(16)17-2/h8-9,14-16H,6-7H2,1-5H3. The van der Waals surface area contributed by atoms with Crippen molar-refractivity contribution in [3.63, 3.8) is 0 Å². The largest absolute Gasteiger partial charge is 0.507 e. The first-order chi connectivity index (χ1) is 8.74. The van der Waals surface area contributed by atoms with Crippen LogP contribution in [0, 0.1) is 6.92 Å². The van der Waals surface area contributed by atoms with Gasteiger partial charge in [-0.05, 0) is 24.6 Å². The summed E-state index contributed by atoms with van der Waals surface area (Å²) in [7, 11) is 0.270. The molecule has 0 heterocycles. The van der Waals surface area contributed by atoms with E-state index in [0.717, 1.165) is 11.6 Å². The number of benzene rings is 1. The Hall–Kier alpha value is -1.04. The summed E-state index contributed by atoms with van der Waals surface area (Å²) in [5, 5.41) is 19.6. The van der Waals surface area contributed by atoms with Crippen molar-refractivity contribution in [2.24, 2.45) is 0 Å². The lowest BCUT2D eigenvalue weighted by molar-refractivity contribution is -0.0784. The van der Waals surface area contributed by atoms with E-state index in [0.29, 0.717) is 17.9 Å². The fourth-order valence-electron chi connectivity index (χ4n) is 1.74. The summed E-state index contributed by atoms with van der Waals surface area (Å²) in [5.74, 6) is 0.623. The van der Waals surface area contributed by atoms with Crippen molar-refractivity contribution >= 4 is 8.07 Å². The van der Waals surface area contributed by atoms with E-state index in [1.165, 1.54) is 13.2 Å². The first kappa shape index (κ1) is 16.0. The van der Waals surface area contributed by atoms with Crippen molar-refractivity contribution in [3.8, 4) is 11.5 Å². The molecule has 4 nitrogen and oxygen atoms in total. The molecule has 0 saturated heterocycles. The number of aliphatic hydroxyl groups is 1. The topological polar surface area (TPSA) is 58.9 Å². The van der Waals surface area contributed by atoms with E-state index in [4.69, 9.17) is 9.47 Å². The van der Waals surface area contributed by atoms with Gasteiger partial charge in [0.1, 0.15) is 11.5 Å². The van der Waals surface area contributed by atoms with E-state index < -0.39 is 14.4 Å². The molecule has 0 amide bonds. The zero-order chi connectivity index (χ0) is 14.6. The molecule has 108 valence electrons. The molecule has 1 rings (SSSR count). The van der Waals surface area contributed by atoms with Gasteiger partial charge in [0.25, 0.3) is 0 Å². The molecule has 0 spiro atoms. The summed E-state index contributed by atoms with van der Waals surface area (Å²) in [6.07, 6.45) is -1.11. The molecular formula is C14H24O4Si. The molecular weight excluding hydrogens is 260 g/mol. The highest BCUT2D eigenvalue weighted by Crippen LogP contribution is 2.32. The number of hydrogen-bond acceptors (Lipinski definition) is 4. The number of phenols is 1. The van der Waals surface area contributed by atoms with Crippen molar-refractivity contribution in [3.05, 3.63) is 23.3 Å². The van der Waals surface area contributed by atoms with Crippen molar-refractivity contribution in [1.29, 1.82) is 0 Å². The van der Waals surface area contributed by atoms with Gasteiger partial charge in [-0.25, -0.2) is 0 Å². The lowest BCUT2D eigenvalue weighted by Crippen LogP contribution is -2.22. The number of rotatable bonds is 6. The van der Waals surface area contributed by atoms with Crippen LogP contribution in [0.4, 0.5) is 0 Å². The van der Waals surface area contributed by atoms with E-state index in [1.54, 1.807) is 0 Å². The summed E-state index contributed by atoms with van der Waals surface area (Å²) in [5.41, 5.74) is 1.14. The highest BCUT2D eigenvalue weighted by Gasteiger charge is 2.17. The molecule has 0 aliphatic rings. The minimum atomic E-state index is -1.12. The van der Waals surface area contributed by atoms with E-state index in [-0.39, 0.29) is 5.75 Å². The minimum Gasteiger partial charge on any atom is -0.507 e. The predicted molar refractivity (Wildman–Crippen MR) is 78.5 cm³/mol. The molecule has 1 unspecified atom stereocenters. The van der Waals surface area contributed by atoms with Crippen molar-refractivity contribution < 1.29 is 19.7 Å². The molecule has 1 aromatic rings. The van der Waals surface area contributed by atoms with Crippen LogP contribution in [0.3, 0.4) is 0 Å². The van der Waals surface area contributed by atoms with Crippen molar-refractivity contribution in [1.82, 2.24) is 0 Å². The van der Waals surface area contributed by atoms with Crippen LogP contribution in [0.25, 0.3) is 0 Å². The zero-order valence-corrected chi connectivity index (χ0v) is 13.4. The predicted octanol–water partition coefficient (Wildman–Crippen LogP) is 3.05. The molecule has 2 N–H and O–H groups in total. The number of phenolic OH excluding ortho intramolecular Hbond substituents is 1. The van der Waals surface area contributed by atoms with Crippen LogP contribution < -0.4 is 4.74 Å². The molecule has 0 aliphatic carbocycles. The summed E-state index contributed by atoms with van der Waals surface area (Å²) in [4.78, 5) is 0. The summed E-state index contributed by atoms with van der Waals surface area (Å²) >= 11 is 0. The lowest BCUT2D eigenvalue weighted by Gasteiger charge is -2.18. The maximum atomic E-state index is 9.92. The Balaban J connectivity index is 2.78. The first-order valence-electron chi connectivity index (χ1n) is 6.42. The second-order valence-corrected chi connectivity index (χ2v) is 11.5. The van der Waals surface area contributed by atoms with E-state index >= 15 is 0 Å². The van der Waals surface area contributed by atoms with Gasteiger partial charge < -0.3 is 19.7 Å². The highest BCUT2D eigenvalue weighted by molar-refractivity contribution is 6.76. The third kappa shape index (κ3) is 4.85. The third-order valence-corrected chi connectivity index (χ3v) is 4.63. The van der Waals surface area contributed by atoms with Crippen LogP contribution in [0.5, 0.6) is 11.5 Å². The molecule has 5 heteroatoms. The Labute approximate surface area is 116 Å². The van der Waals surface area contributed by atoms with Crippen LogP contribution in [-0.4, -0.2) is 32.0 Å². The van der Waals surface area contributed by atoms with Crippen LogP contribution >= 0.6 is 0 Å². The third-order valence-electron chi connectivity index (χ3n) is 2.93. The summed E-state index contributed by atoms with van der Waals surface area (Å²) in [6.45, 7) is 9.33. The lowest BCUT2D eigenvalue weighted by atomic mass is 10.1. The van der Waals surface area contributed by atoms with Gasteiger partial charge >= 0.3 is 0 Å². The maximum Gasteiger partial charge on any atom is 0.184 e. The Bertz CT molecular complexity index is 403. The van der Waals surface area contributed by atoms with Gasteiger partial charge in [-0.15, -0.1) is 0 Å². The Morgan fingerprint density at radius 3 is 2.37 bits per heavy atom. The normalized spacial score (nSPS) is 13.4. The second-order valence-electron chi connectivity index (χ2n) is 5.92. The molecule has 0 bridgehead atoms. The van der Waals surface area contributed by atoms with Crippen molar-refractivity contribution in [2.45, 2.75) is 38.9 Å². The smallest absolute Gasteiger partial charge is 0.184 e. The summed E-state index contributed by atoms with van der Waals surface area (Å²) in [6, 6.07) is 4.39. The maximum absolute atomic E-state index is 9.92. The molecule has 1 atom stereocenters. The van der Waals surface area contributed by atoms with Crippen molar-refractivity contribution in [2.75, 3.05) is 13.7 Å². The SMILES string of the molecule is COC(O)c1c(C)cc(OCC[Si](C)(C)C)cc1O. The van der Waals surface area contributed by atoms with E-state index in [1.807, 2.05) is 13.0 Å². The Morgan fingerprint density at radius 2 is 1.89 bits per heavy atom. The number of ether oxygens (including phenoxy) is 2. The number of hydrogen-bond donors (Lipinski definition) is 2. The average molecular weight is 284 g/mol. The number of methoxy groups -OCH3 is 1. The Morgan fingerprint density at radius 1 is 1.26 bits per heavy atom. The van der Waals surface area contributed by atoms with E-state index in [2.05, 4.69) is 19.6 Å². The summed E-state index contributed by atoms with van der Waals surface area (Å²) < 4.78 is 10.5. The average Bonchev–Trinajstić information content (AvgIpc) is 2.26. The monoisotopic (exact) mass is 284 g/mol. The van der Waals surface area contributed by atoms with Crippen LogP contribution in [-0.2, 0) is 4.74 Å². The molecule has 1 aromatic carbocycles. The highest BCUT2D eigenvalue weighted by atomic mass is 28.3. The number of aliphatic hydroxyl groups excluding tert-OH is 1. The van der Waals surface area contributed by atoms with E-state index in [9.17, 15) is 10.2 Å². The second kappa shape index (κ2) is 6.41. The molecule has 19 heavy (non-hydrogen) atoms. The molecule has 0 fully saturated rings. The fraction of sp³-hybridized carbons (Fsp3) is 0.571. The quantitative estimate of drug-likeness (QED) is 0.622. The zero-order valence-electron chi connectivity index (χ0n) is 12.4. The molecule has 0 saturated carbocycles. The molecule has 0 aliphatic heterocycles. The van der Waals surface area contributed by atoms with Gasteiger partial charge in [-0.3, -0.25) is 0 Å². The fourth-order valence-corrected chi connectivity index (χ4v) is 2.46. The minimum absolute atomic E-state index is 0.00245. The van der Waals surface area contributed by atoms with Gasteiger partial charge in [-0.1, -0.05) is 19.6 Å². The Kier molecular flexibility index (Phi) is 5.40. The van der Waals surface area contributed by atoms with Gasteiger partial charge in [-0.2, -0.15) is 0 Å². The van der Waals surface area contributed by atoms with Gasteiger partial charge in [0, 0.05) is 21.3 Å². The van der Waals surface area contributed by atoms with Crippen LogP contribution in [0.15, 0.2) is 12.1 Å². The van der Waals surface area contributed by atoms with Crippen LogP contribution in [0.2, 0.25) is 25.7 Å². The van der Waals surface area contributed by atoms with Gasteiger partial charge in [0.2, 0.25) is 0 Å². The van der Waals surface area contributed by atoms with Crippen LogP contribution in [0.1, 0.15) is 17.4 Å². The number of aryl methyl sites for hydroxylation is 1. The van der Waals surface area contributed by atoms with Gasteiger partial charge in [0.05, 0.1) is 12.2 Å². The van der Waals surface area contributed by atoms with Gasteiger partial charge in [0.15, 0.2) is 6.29 Å². The number of aromatic hydroxyl groups is 1. The first-order valence-corrected chi connectivity index (χ1v) is 10.1.